The smallest absolute Gasteiger partial charge is 0.422 e. The van der Waals surface area contributed by atoms with Crippen molar-refractivity contribution in [3.63, 3.8) is 0 Å². The lowest BCUT2D eigenvalue weighted by atomic mass is 10.1. The number of aromatic amines is 1. The van der Waals surface area contributed by atoms with Crippen LogP contribution in [0.2, 0.25) is 0 Å². The van der Waals surface area contributed by atoms with E-state index in [0.717, 1.165) is 17.0 Å². The summed E-state index contributed by atoms with van der Waals surface area (Å²) in [5.74, 6) is 0.277. The molecular formula is C31H33F3N8O5. The summed E-state index contributed by atoms with van der Waals surface area (Å²) in [5.41, 5.74) is 2.45. The number of anilines is 3. The number of aliphatic hydroxyl groups is 1. The minimum absolute atomic E-state index is 0.0274. The largest absolute Gasteiger partial charge is 0.482 e. The number of ether oxygens (including phenoxy) is 1. The third kappa shape index (κ3) is 8.14. The van der Waals surface area contributed by atoms with Crippen LogP contribution in [0.5, 0.6) is 5.75 Å². The van der Waals surface area contributed by atoms with Gasteiger partial charge in [0.2, 0.25) is 5.95 Å². The highest BCUT2D eigenvalue weighted by atomic mass is 19.4. The van der Waals surface area contributed by atoms with E-state index in [-0.39, 0.29) is 35.4 Å². The van der Waals surface area contributed by atoms with Crippen LogP contribution >= 0.6 is 0 Å². The summed E-state index contributed by atoms with van der Waals surface area (Å²) < 4.78 is 50.4. The zero-order valence-electron chi connectivity index (χ0n) is 25.8. The van der Waals surface area contributed by atoms with Crippen molar-refractivity contribution in [3.8, 4) is 28.4 Å². The average Bonchev–Trinajstić information content (AvgIpc) is 3.68. The van der Waals surface area contributed by atoms with Crippen LogP contribution < -0.4 is 15.0 Å². The summed E-state index contributed by atoms with van der Waals surface area (Å²) in [5, 5.41) is 25.2. The maximum absolute atomic E-state index is 13.2. The highest BCUT2D eigenvalue weighted by Crippen LogP contribution is 2.40. The van der Waals surface area contributed by atoms with Crippen molar-refractivity contribution in [3.05, 3.63) is 70.9 Å². The second kappa shape index (κ2) is 14.0. The van der Waals surface area contributed by atoms with Crippen molar-refractivity contribution in [2.24, 2.45) is 0 Å². The Bertz CT molecular complexity index is 1860. The number of nitrogens with zero attached hydrogens (tertiary/aromatic N) is 6. The number of benzene rings is 2. The molecule has 0 unspecified atom stereocenters. The van der Waals surface area contributed by atoms with Gasteiger partial charge in [0.1, 0.15) is 22.8 Å². The molecule has 0 amide bonds. The van der Waals surface area contributed by atoms with Gasteiger partial charge in [0, 0.05) is 62.4 Å². The number of aryl methyl sites for hydroxylation is 1. The monoisotopic (exact) mass is 654 g/mol. The molecule has 0 fully saturated rings. The molecular weight excluding hydrogens is 621 g/mol. The van der Waals surface area contributed by atoms with Crippen molar-refractivity contribution >= 4 is 34.0 Å². The summed E-state index contributed by atoms with van der Waals surface area (Å²) in [6.07, 6.45) is -0.704. The number of rotatable bonds is 14. The van der Waals surface area contributed by atoms with E-state index >= 15 is 0 Å². The fraction of sp³-hybridized carbons (Fsp3) is 0.323. The Morgan fingerprint density at radius 1 is 1.11 bits per heavy atom. The first-order valence-electron chi connectivity index (χ1n) is 14.6. The lowest BCUT2D eigenvalue weighted by Crippen LogP contribution is -2.29. The van der Waals surface area contributed by atoms with Gasteiger partial charge in [-0.25, -0.2) is 15.0 Å². The topological polar surface area (TPSA) is 159 Å². The van der Waals surface area contributed by atoms with Gasteiger partial charge in [-0.15, -0.1) is 0 Å². The molecule has 0 radical (unpaired) electrons. The molecule has 2 aromatic carbocycles. The molecule has 5 aromatic rings. The lowest BCUT2D eigenvalue weighted by Gasteiger charge is -2.23. The molecule has 0 saturated carbocycles. The van der Waals surface area contributed by atoms with E-state index in [1.54, 1.807) is 24.3 Å². The summed E-state index contributed by atoms with van der Waals surface area (Å²) in [4.78, 5) is 31.7. The highest BCUT2D eigenvalue weighted by molar-refractivity contribution is 5.86. The molecule has 3 N–H and O–H groups in total. The Hall–Kier alpha value is -5.22. The first-order chi connectivity index (χ1) is 22.4. The van der Waals surface area contributed by atoms with Crippen LogP contribution in [0.3, 0.4) is 0 Å². The van der Waals surface area contributed by atoms with Crippen LogP contribution in [-0.2, 0) is 6.42 Å². The quantitative estimate of drug-likeness (QED) is 0.0982. The van der Waals surface area contributed by atoms with Crippen LogP contribution in [-0.4, -0.2) is 88.5 Å². The average molecular weight is 655 g/mol. The van der Waals surface area contributed by atoms with Gasteiger partial charge in [-0.05, 0) is 38.7 Å². The maximum Gasteiger partial charge on any atom is 0.422 e. The number of nitro benzene ring substituents is 1. The van der Waals surface area contributed by atoms with Gasteiger partial charge >= 0.3 is 6.18 Å². The Balaban J connectivity index is 1.54. The van der Waals surface area contributed by atoms with Gasteiger partial charge in [-0.3, -0.25) is 10.1 Å². The number of nitrogens with one attached hydrogen (secondary N) is 2. The number of hydrogen-bond acceptors (Lipinski definition) is 11. The summed E-state index contributed by atoms with van der Waals surface area (Å²) >= 11 is 0. The number of aliphatic hydroxyl groups excluding tert-OH is 1. The number of fused-ring (bicyclic) bond motifs is 1. The molecule has 0 bridgehead atoms. The summed E-state index contributed by atoms with van der Waals surface area (Å²) in [6, 6.07) is 11.4. The zero-order valence-corrected chi connectivity index (χ0v) is 25.8. The Labute approximate surface area is 267 Å². The predicted octanol–water partition coefficient (Wildman–Crippen LogP) is 5.80. The van der Waals surface area contributed by atoms with Gasteiger partial charge in [-0.1, -0.05) is 12.1 Å². The van der Waals surface area contributed by atoms with E-state index in [4.69, 9.17) is 14.1 Å². The number of H-pyrrole nitrogens is 1. The fourth-order valence-electron chi connectivity index (χ4n) is 4.82. The van der Waals surface area contributed by atoms with Crippen molar-refractivity contribution < 1.29 is 32.4 Å². The number of aromatic nitrogens is 4. The van der Waals surface area contributed by atoms with Crippen molar-refractivity contribution in [1.82, 2.24) is 24.8 Å². The summed E-state index contributed by atoms with van der Waals surface area (Å²) in [6.45, 7) is -0.736. The normalized spacial score (nSPS) is 11.7. The van der Waals surface area contributed by atoms with Gasteiger partial charge in [-0.2, -0.15) is 13.2 Å². The number of hydrogen-bond donors (Lipinski definition) is 3. The SMILES string of the molecule is CN(C)CCN(C)c1cc(OCC(F)(F)F)c(Nc2nccc(-c3[nH]c(CCCO)nc3-c3ccc4ccoc4c3)n2)cc1[N+](=O)[O-]. The molecule has 0 aliphatic rings. The molecule has 13 nitrogen and oxygen atoms in total. The first-order valence-corrected chi connectivity index (χ1v) is 14.6. The second-order valence-corrected chi connectivity index (χ2v) is 11.0. The van der Waals surface area contributed by atoms with Crippen LogP contribution in [0.4, 0.5) is 36.2 Å². The Morgan fingerprint density at radius 3 is 2.64 bits per heavy atom. The Kier molecular flexibility index (Phi) is 9.91. The van der Waals surface area contributed by atoms with Gasteiger partial charge in [0.05, 0.1) is 34.0 Å². The number of halogens is 3. The van der Waals surface area contributed by atoms with Crippen LogP contribution in [0, 0.1) is 10.1 Å². The number of furan rings is 1. The molecule has 3 heterocycles. The molecule has 0 aliphatic carbocycles. The van der Waals surface area contributed by atoms with Gasteiger partial charge < -0.3 is 34.4 Å². The van der Waals surface area contributed by atoms with Gasteiger partial charge in [0.25, 0.3) is 5.69 Å². The van der Waals surface area contributed by atoms with Crippen molar-refractivity contribution in [1.29, 1.82) is 0 Å². The van der Waals surface area contributed by atoms with E-state index in [0.29, 0.717) is 54.4 Å². The minimum Gasteiger partial charge on any atom is -0.482 e. The lowest BCUT2D eigenvalue weighted by molar-refractivity contribution is -0.384. The molecule has 0 saturated heterocycles. The number of alkyl halides is 3. The molecule has 0 aliphatic heterocycles. The molecule has 0 atom stereocenters. The molecule has 47 heavy (non-hydrogen) atoms. The Morgan fingerprint density at radius 2 is 1.91 bits per heavy atom. The standard InChI is InChI=1S/C31H33F3N8O5/c1-40(2)11-12-41(3)23-17-26(47-18-31(32,33)34)22(16-24(23)42(44)45)37-30-35-10-8-21(36-30)29-28(38-27(39-29)5-4-13-43)20-7-6-19-9-14-46-25(19)15-20/h6-10,14-17,43H,4-5,11-13,18H2,1-3H3,(H,38,39)(H,35,36,37). The van der Waals surface area contributed by atoms with Crippen LogP contribution in [0.25, 0.3) is 33.6 Å². The van der Waals surface area contributed by atoms with Crippen molar-refractivity contribution in [2.45, 2.75) is 19.0 Å². The number of likely N-dealkylation sites (N-methyl/N-ethyl adjacent to an activating group) is 2. The zero-order chi connectivity index (χ0) is 33.7. The molecule has 16 heteroatoms. The second-order valence-electron chi connectivity index (χ2n) is 11.0. The number of nitro groups is 1. The summed E-state index contributed by atoms with van der Waals surface area (Å²) in [7, 11) is 5.28. The highest BCUT2D eigenvalue weighted by Gasteiger charge is 2.30. The molecule has 3 aromatic heterocycles. The predicted molar refractivity (Wildman–Crippen MR) is 170 cm³/mol. The molecule has 5 rings (SSSR count). The van der Waals surface area contributed by atoms with E-state index in [1.165, 1.54) is 12.3 Å². The first kappa shape index (κ1) is 33.2. The van der Waals surface area contributed by atoms with Crippen LogP contribution in [0.15, 0.2) is 59.3 Å². The third-order valence-electron chi connectivity index (χ3n) is 7.17. The van der Waals surface area contributed by atoms with E-state index in [1.807, 2.05) is 43.3 Å². The van der Waals surface area contributed by atoms with E-state index in [2.05, 4.69) is 20.3 Å². The van der Waals surface area contributed by atoms with E-state index < -0.39 is 17.7 Å². The molecule has 0 spiro atoms. The minimum atomic E-state index is -4.66. The number of imidazole rings is 1. The van der Waals surface area contributed by atoms with Gasteiger partial charge in [0.15, 0.2) is 6.61 Å². The van der Waals surface area contributed by atoms with E-state index in [9.17, 15) is 28.4 Å². The third-order valence-corrected chi connectivity index (χ3v) is 7.17. The van der Waals surface area contributed by atoms with Crippen molar-refractivity contribution in [2.75, 3.05) is 57.7 Å². The van der Waals surface area contributed by atoms with Crippen LogP contribution in [0.1, 0.15) is 12.2 Å². The maximum atomic E-state index is 13.2. The fourth-order valence-corrected chi connectivity index (χ4v) is 4.82. The molecule has 248 valence electrons.